The van der Waals surface area contributed by atoms with E-state index in [0.717, 1.165) is 10.1 Å². The molecule has 0 bridgehead atoms. The molecule has 0 atom stereocenters. The average molecular weight is 534 g/mol. The number of amides is 1. The first kappa shape index (κ1) is 24.0. The molecule has 34 heavy (non-hydrogen) atoms. The quantitative estimate of drug-likeness (QED) is 0.125. The number of esters is 1. The van der Waals surface area contributed by atoms with Crippen LogP contribution in [-0.4, -0.2) is 24.7 Å². The van der Waals surface area contributed by atoms with E-state index in [1.165, 1.54) is 17.6 Å². The number of carbonyl (C=O) groups excluding carboxylic acids is 2. The molecule has 0 radical (unpaired) electrons. The van der Waals surface area contributed by atoms with E-state index in [1.54, 1.807) is 42.5 Å². The third-order valence-electron chi connectivity index (χ3n) is 4.51. The zero-order valence-electron chi connectivity index (χ0n) is 17.3. The maximum absolute atomic E-state index is 12.8. The number of hydrogen-bond donors (Lipinski definition) is 1. The number of nitrogens with zero attached hydrogens (tertiary/aromatic N) is 1. The molecular weight excluding hydrogens is 519 g/mol. The largest absolute Gasteiger partial charge is 0.482 e. The monoisotopic (exact) mass is 532 g/mol. The van der Waals surface area contributed by atoms with E-state index in [2.05, 4.69) is 10.5 Å². The van der Waals surface area contributed by atoms with Crippen molar-refractivity contribution in [2.75, 3.05) is 6.61 Å². The van der Waals surface area contributed by atoms with E-state index in [0.29, 0.717) is 20.5 Å². The van der Waals surface area contributed by atoms with Gasteiger partial charge in [0.2, 0.25) is 0 Å². The maximum Gasteiger partial charge on any atom is 0.355 e. The predicted octanol–water partition coefficient (Wildman–Crippen LogP) is 6.61. The number of hydrogen-bond acceptors (Lipinski definition) is 6. The fourth-order valence-electron chi connectivity index (χ4n) is 2.92. The van der Waals surface area contributed by atoms with Gasteiger partial charge in [-0.05, 0) is 30.3 Å². The number of nitrogens with one attached hydrogen (secondary N) is 1. The third-order valence-corrected chi connectivity index (χ3v) is 6.97. The Labute approximate surface area is 213 Å². The van der Waals surface area contributed by atoms with Gasteiger partial charge in [-0.25, -0.2) is 10.2 Å². The van der Waals surface area contributed by atoms with Crippen molar-refractivity contribution in [2.24, 2.45) is 5.10 Å². The van der Waals surface area contributed by atoms with Crippen molar-refractivity contribution in [3.8, 4) is 11.5 Å². The number of carbonyl (C=O) groups is 2. The van der Waals surface area contributed by atoms with Crippen LogP contribution in [0.1, 0.15) is 15.2 Å². The SMILES string of the molecule is O=C(COc1cccc(Cl)c1Cl)NN=Cc1ccccc1OC(=O)c1sc2ccccc2c1Cl. The summed E-state index contributed by atoms with van der Waals surface area (Å²) < 4.78 is 11.8. The zero-order chi connectivity index (χ0) is 24.1. The molecule has 0 saturated carbocycles. The van der Waals surface area contributed by atoms with E-state index in [4.69, 9.17) is 44.3 Å². The number of benzene rings is 3. The average Bonchev–Trinajstić information content (AvgIpc) is 3.18. The second-order valence-corrected chi connectivity index (χ2v) is 9.02. The van der Waals surface area contributed by atoms with Crippen molar-refractivity contribution in [1.29, 1.82) is 0 Å². The van der Waals surface area contributed by atoms with Crippen LogP contribution in [0.3, 0.4) is 0 Å². The Bertz CT molecular complexity index is 1400. The molecule has 0 saturated heterocycles. The van der Waals surface area contributed by atoms with Gasteiger partial charge in [-0.15, -0.1) is 11.3 Å². The molecule has 0 spiro atoms. The van der Waals surface area contributed by atoms with Crippen LogP contribution in [0.25, 0.3) is 10.1 Å². The molecule has 1 amide bonds. The van der Waals surface area contributed by atoms with Crippen molar-refractivity contribution in [1.82, 2.24) is 5.43 Å². The first-order chi connectivity index (χ1) is 16.4. The highest BCUT2D eigenvalue weighted by molar-refractivity contribution is 7.21. The van der Waals surface area contributed by atoms with Gasteiger partial charge in [0.15, 0.2) is 6.61 Å². The van der Waals surface area contributed by atoms with Crippen molar-refractivity contribution in [2.45, 2.75) is 0 Å². The molecule has 1 heterocycles. The van der Waals surface area contributed by atoms with Crippen molar-refractivity contribution in [3.05, 3.63) is 92.2 Å². The molecule has 0 aliphatic carbocycles. The van der Waals surface area contributed by atoms with Gasteiger partial charge in [0.05, 0.1) is 16.3 Å². The number of halogens is 3. The van der Waals surface area contributed by atoms with Crippen molar-refractivity contribution >= 4 is 74.3 Å². The first-order valence-electron chi connectivity index (χ1n) is 9.81. The summed E-state index contributed by atoms with van der Waals surface area (Å²) in [4.78, 5) is 25.1. The number of para-hydroxylation sites is 1. The minimum absolute atomic E-state index is 0.218. The molecule has 0 fully saturated rings. The lowest BCUT2D eigenvalue weighted by Gasteiger charge is -2.08. The summed E-state index contributed by atoms with van der Waals surface area (Å²) in [5.74, 6) is -0.548. The summed E-state index contributed by atoms with van der Waals surface area (Å²) in [7, 11) is 0. The van der Waals surface area contributed by atoms with Crippen LogP contribution in [-0.2, 0) is 4.79 Å². The van der Waals surface area contributed by atoms with E-state index >= 15 is 0 Å². The van der Waals surface area contributed by atoms with Crippen molar-refractivity contribution in [3.63, 3.8) is 0 Å². The number of thiophene rings is 1. The molecule has 3 aromatic carbocycles. The first-order valence-corrected chi connectivity index (χ1v) is 11.8. The van der Waals surface area contributed by atoms with Crippen LogP contribution in [0, 0.1) is 0 Å². The number of rotatable bonds is 7. The van der Waals surface area contributed by atoms with Crippen LogP contribution < -0.4 is 14.9 Å². The molecule has 0 aliphatic rings. The van der Waals surface area contributed by atoms with Crippen LogP contribution in [0.5, 0.6) is 11.5 Å². The molecular formula is C24H15Cl3N2O4S. The lowest BCUT2D eigenvalue weighted by molar-refractivity contribution is -0.123. The summed E-state index contributed by atoms with van der Waals surface area (Å²) in [6.45, 7) is -0.321. The van der Waals surface area contributed by atoms with Crippen LogP contribution in [0.15, 0.2) is 71.8 Å². The Morgan fingerprint density at radius 1 is 0.912 bits per heavy atom. The molecule has 10 heteroatoms. The summed E-state index contributed by atoms with van der Waals surface area (Å²) >= 11 is 19.6. The summed E-state index contributed by atoms with van der Waals surface area (Å²) in [5.41, 5.74) is 2.82. The molecule has 4 aromatic rings. The Morgan fingerprint density at radius 2 is 1.65 bits per heavy atom. The minimum Gasteiger partial charge on any atom is -0.482 e. The standard InChI is InChI=1S/C24H15Cl3N2O4S/c25-16-8-5-10-18(22(16)27)32-13-20(30)29-28-12-14-6-1-3-9-17(14)33-24(31)23-21(26)15-7-2-4-11-19(15)34-23/h1-12H,13H2,(H,29,30). The van der Waals surface area contributed by atoms with Gasteiger partial charge < -0.3 is 9.47 Å². The van der Waals surface area contributed by atoms with Gasteiger partial charge in [-0.3, -0.25) is 4.79 Å². The number of hydrazone groups is 1. The smallest absolute Gasteiger partial charge is 0.355 e. The molecule has 1 aromatic heterocycles. The molecule has 6 nitrogen and oxygen atoms in total. The fourth-order valence-corrected chi connectivity index (χ4v) is 4.65. The van der Waals surface area contributed by atoms with Crippen molar-refractivity contribution < 1.29 is 19.1 Å². The predicted molar refractivity (Wildman–Crippen MR) is 136 cm³/mol. The third kappa shape index (κ3) is 5.51. The fraction of sp³-hybridized carbons (Fsp3) is 0.0417. The summed E-state index contributed by atoms with van der Waals surface area (Å²) in [6, 6.07) is 19.1. The summed E-state index contributed by atoms with van der Waals surface area (Å²) in [6.07, 6.45) is 1.36. The van der Waals surface area contributed by atoms with Gasteiger partial charge in [-0.1, -0.05) is 71.2 Å². The highest BCUT2D eigenvalue weighted by Gasteiger charge is 2.19. The second-order valence-electron chi connectivity index (χ2n) is 6.80. The van der Waals surface area contributed by atoms with Gasteiger partial charge >= 0.3 is 5.97 Å². The highest BCUT2D eigenvalue weighted by Crippen LogP contribution is 2.36. The Kier molecular flexibility index (Phi) is 7.70. The molecule has 0 aliphatic heterocycles. The van der Waals surface area contributed by atoms with Crippen LogP contribution in [0.2, 0.25) is 15.1 Å². The lowest BCUT2D eigenvalue weighted by Crippen LogP contribution is -2.24. The Hall–Kier alpha value is -3.10. The van der Waals surface area contributed by atoms with Crippen LogP contribution >= 0.6 is 46.1 Å². The van der Waals surface area contributed by atoms with Gasteiger partial charge in [-0.2, -0.15) is 5.10 Å². The topological polar surface area (TPSA) is 77.0 Å². The van der Waals surface area contributed by atoms with E-state index in [1.807, 2.05) is 24.3 Å². The number of ether oxygens (including phenoxy) is 2. The Morgan fingerprint density at radius 3 is 2.47 bits per heavy atom. The molecule has 172 valence electrons. The lowest BCUT2D eigenvalue weighted by atomic mass is 10.2. The number of fused-ring (bicyclic) bond motifs is 1. The molecule has 4 rings (SSSR count). The summed E-state index contributed by atoms with van der Waals surface area (Å²) in [5, 5.41) is 5.59. The normalized spacial score (nSPS) is 11.0. The van der Waals surface area contributed by atoms with E-state index in [-0.39, 0.29) is 23.1 Å². The van der Waals surface area contributed by atoms with Gasteiger partial charge in [0, 0.05) is 15.6 Å². The second kappa shape index (κ2) is 10.9. The van der Waals surface area contributed by atoms with Gasteiger partial charge in [0.25, 0.3) is 5.91 Å². The Balaban J connectivity index is 1.40. The molecule has 1 N–H and O–H groups in total. The van der Waals surface area contributed by atoms with Gasteiger partial charge in [0.1, 0.15) is 21.4 Å². The molecule has 0 unspecified atom stereocenters. The van der Waals surface area contributed by atoms with E-state index < -0.39 is 11.9 Å². The minimum atomic E-state index is -0.581. The van der Waals surface area contributed by atoms with E-state index in [9.17, 15) is 9.59 Å². The van der Waals surface area contributed by atoms with Crippen LogP contribution in [0.4, 0.5) is 0 Å². The zero-order valence-corrected chi connectivity index (χ0v) is 20.3. The maximum atomic E-state index is 12.8. The highest BCUT2D eigenvalue weighted by atomic mass is 35.5.